The van der Waals surface area contributed by atoms with Crippen LogP contribution in [0.1, 0.15) is 52.7 Å². The molecule has 0 spiro atoms. The normalized spacial score (nSPS) is 16.8. The number of aromatic nitrogens is 1. The van der Waals surface area contributed by atoms with Crippen molar-refractivity contribution in [3.8, 4) is 0 Å². The molecule has 0 bridgehead atoms. The summed E-state index contributed by atoms with van der Waals surface area (Å²) < 4.78 is 14.3. The predicted molar refractivity (Wildman–Crippen MR) is 173 cm³/mol. The molecule has 3 atom stereocenters. The fourth-order valence-corrected chi connectivity index (χ4v) is 8.61. The molecule has 0 aliphatic heterocycles. The van der Waals surface area contributed by atoms with Crippen LogP contribution in [0.15, 0.2) is 85.1 Å². The number of amides is 2. The molecular formula is C34H39N4O6P. The van der Waals surface area contributed by atoms with E-state index < -0.39 is 42.4 Å². The summed E-state index contributed by atoms with van der Waals surface area (Å²) >= 11 is 0. The average molecular weight is 631 g/mol. The minimum absolute atomic E-state index is 0.0492. The Kier molecular flexibility index (Phi) is 9.87. The van der Waals surface area contributed by atoms with Gasteiger partial charge < -0.3 is 31.4 Å². The lowest BCUT2D eigenvalue weighted by atomic mass is 9.87. The minimum Gasteiger partial charge on any atom is -0.480 e. The van der Waals surface area contributed by atoms with Crippen molar-refractivity contribution in [1.82, 2.24) is 15.6 Å². The Balaban J connectivity index is 1.38. The number of hydrogen-bond acceptors (Lipinski definition) is 5. The molecule has 3 aromatic carbocycles. The second-order valence-corrected chi connectivity index (χ2v) is 14.4. The van der Waals surface area contributed by atoms with E-state index in [0.29, 0.717) is 37.8 Å². The first-order chi connectivity index (χ1) is 21.6. The van der Waals surface area contributed by atoms with Crippen LogP contribution in [-0.2, 0) is 33.5 Å². The number of carbonyl (C=O) groups excluding carboxylic acids is 2. The lowest BCUT2D eigenvalue weighted by molar-refractivity contribution is -0.143. The maximum atomic E-state index is 14.3. The molecular weight excluding hydrogens is 591 g/mol. The van der Waals surface area contributed by atoms with Gasteiger partial charge in [-0.25, -0.2) is 4.79 Å². The zero-order chi connectivity index (χ0) is 32.0. The second-order valence-electron chi connectivity index (χ2n) is 11.9. The topological polar surface area (TPSA) is 175 Å². The Morgan fingerprint density at radius 3 is 2.22 bits per heavy atom. The summed E-state index contributed by atoms with van der Waals surface area (Å²) in [6, 6.07) is 22.1. The molecule has 7 N–H and O–H groups in total. The Bertz CT molecular complexity index is 1700. The van der Waals surface area contributed by atoms with Crippen molar-refractivity contribution in [3.05, 3.63) is 107 Å². The van der Waals surface area contributed by atoms with E-state index >= 15 is 0 Å². The van der Waals surface area contributed by atoms with Crippen molar-refractivity contribution in [2.24, 2.45) is 11.1 Å². The summed E-state index contributed by atoms with van der Waals surface area (Å²) in [5.74, 6) is -3.43. The zero-order valence-electron chi connectivity index (χ0n) is 24.9. The van der Waals surface area contributed by atoms with E-state index in [-0.39, 0.29) is 19.0 Å². The number of H-pyrrole nitrogens is 1. The van der Waals surface area contributed by atoms with Gasteiger partial charge in [-0.3, -0.25) is 14.2 Å². The van der Waals surface area contributed by atoms with Crippen LogP contribution in [0.25, 0.3) is 10.9 Å². The summed E-state index contributed by atoms with van der Waals surface area (Å²) in [6.45, 7) is 0.318. The van der Waals surface area contributed by atoms with Crippen LogP contribution in [0, 0.1) is 5.41 Å². The van der Waals surface area contributed by atoms with Crippen LogP contribution in [0.5, 0.6) is 0 Å². The Hall–Kier alpha value is -4.24. The molecule has 0 saturated heterocycles. The van der Waals surface area contributed by atoms with E-state index in [1.165, 1.54) is 0 Å². The van der Waals surface area contributed by atoms with Gasteiger partial charge in [-0.05, 0) is 47.7 Å². The predicted octanol–water partition coefficient (Wildman–Crippen LogP) is 4.57. The highest BCUT2D eigenvalue weighted by molar-refractivity contribution is 7.58. The first-order valence-corrected chi connectivity index (χ1v) is 17.1. The number of hydrogen-bond donors (Lipinski definition) is 6. The van der Waals surface area contributed by atoms with E-state index in [1.54, 1.807) is 30.5 Å². The van der Waals surface area contributed by atoms with Gasteiger partial charge in [-0.1, -0.05) is 73.5 Å². The molecule has 1 aromatic heterocycles. The number of nitrogens with one attached hydrogen (secondary N) is 3. The van der Waals surface area contributed by atoms with Gasteiger partial charge in [-0.15, -0.1) is 0 Å². The fraction of sp³-hybridized carbons (Fsp3) is 0.324. The molecule has 1 heterocycles. The highest BCUT2D eigenvalue weighted by Gasteiger charge is 2.49. The van der Waals surface area contributed by atoms with Gasteiger partial charge in [0, 0.05) is 48.2 Å². The van der Waals surface area contributed by atoms with Crippen LogP contribution in [-0.4, -0.2) is 50.8 Å². The third-order valence-corrected chi connectivity index (χ3v) is 11.1. The number of carbonyl (C=O) groups is 3. The average Bonchev–Trinajstić information content (AvgIpc) is 3.68. The van der Waals surface area contributed by atoms with E-state index in [0.717, 1.165) is 27.6 Å². The molecule has 1 aliphatic carbocycles. The van der Waals surface area contributed by atoms with Crippen LogP contribution in [0.2, 0.25) is 0 Å². The highest BCUT2D eigenvalue weighted by atomic mass is 31.2. The standard InChI is InChI=1S/C34H39N4O6P/c35-20-24-12-14-25(15-13-24)31(39)38-30(18-23-8-2-1-3-9-23)45(43,44)22-34(16-6-7-17-34)33(42)37-29(32(40)41)19-26-21-36-28-11-5-4-10-27(26)28/h1-5,8-15,21,29-30,36H,6-7,16-20,22,35H2,(H,37,42)(H,38,39)(H,40,41)(H,43,44)/t29-,30?/m0/s1. The summed E-state index contributed by atoms with van der Waals surface area (Å²) in [7, 11) is -4.25. The molecule has 4 aromatic rings. The Labute approximate surface area is 261 Å². The molecule has 2 unspecified atom stereocenters. The maximum absolute atomic E-state index is 14.3. The zero-order valence-corrected chi connectivity index (χ0v) is 25.8. The number of aliphatic carboxylic acids is 1. The summed E-state index contributed by atoms with van der Waals surface area (Å²) in [5.41, 5.74) is 7.96. The Morgan fingerprint density at radius 1 is 0.889 bits per heavy atom. The molecule has 10 nitrogen and oxygen atoms in total. The summed E-state index contributed by atoms with van der Waals surface area (Å²) in [6.07, 6.45) is 3.50. The fourth-order valence-electron chi connectivity index (χ4n) is 6.24. The van der Waals surface area contributed by atoms with Crippen LogP contribution in [0.3, 0.4) is 0 Å². The van der Waals surface area contributed by atoms with E-state index in [4.69, 9.17) is 5.73 Å². The maximum Gasteiger partial charge on any atom is 0.326 e. The lowest BCUT2D eigenvalue weighted by Crippen LogP contribution is -2.50. The van der Waals surface area contributed by atoms with Crippen molar-refractivity contribution >= 4 is 36.1 Å². The first kappa shape index (κ1) is 32.2. The third kappa shape index (κ3) is 7.53. The lowest BCUT2D eigenvalue weighted by Gasteiger charge is -2.34. The SMILES string of the molecule is NCc1ccc(C(=O)NC(Cc2ccccc2)P(=O)(O)CC2(C(=O)N[C@@H](Cc3c[nH]c4ccccc34)C(=O)O)CCCC2)cc1. The number of para-hydroxylation sites is 1. The molecule has 45 heavy (non-hydrogen) atoms. The van der Waals surface area contributed by atoms with Gasteiger partial charge in [0.05, 0.1) is 5.41 Å². The molecule has 5 rings (SSSR count). The van der Waals surface area contributed by atoms with E-state index in [2.05, 4.69) is 15.6 Å². The van der Waals surface area contributed by atoms with Crippen molar-refractivity contribution in [2.45, 2.75) is 56.9 Å². The molecule has 2 amide bonds. The smallest absolute Gasteiger partial charge is 0.326 e. The molecule has 1 fully saturated rings. The molecule has 1 saturated carbocycles. The first-order valence-electron chi connectivity index (χ1n) is 15.1. The van der Waals surface area contributed by atoms with Gasteiger partial charge in [-0.2, -0.15) is 0 Å². The Morgan fingerprint density at radius 2 is 1.56 bits per heavy atom. The molecule has 1 aliphatic rings. The van der Waals surface area contributed by atoms with Gasteiger partial charge in [0.25, 0.3) is 5.91 Å². The van der Waals surface area contributed by atoms with Crippen molar-refractivity contribution in [2.75, 3.05) is 6.16 Å². The number of aromatic amines is 1. The number of carboxylic acid groups (broad SMARTS) is 1. The van der Waals surface area contributed by atoms with Crippen LogP contribution < -0.4 is 16.4 Å². The summed E-state index contributed by atoms with van der Waals surface area (Å²) in [4.78, 5) is 54.3. The van der Waals surface area contributed by atoms with Crippen LogP contribution in [0.4, 0.5) is 0 Å². The van der Waals surface area contributed by atoms with Gasteiger partial charge in [0.15, 0.2) is 0 Å². The van der Waals surface area contributed by atoms with E-state index in [1.807, 2.05) is 54.6 Å². The number of benzene rings is 3. The number of rotatable bonds is 13. The second kappa shape index (κ2) is 13.8. The third-order valence-electron chi connectivity index (χ3n) is 8.78. The quantitative estimate of drug-likeness (QED) is 0.117. The number of carboxylic acids is 1. The van der Waals surface area contributed by atoms with Gasteiger partial charge in [0.1, 0.15) is 11.8 Å². The van der Waals surface area contributed by atoms with Crippen molar-refractivity contribution in [3.63, 3.8) is 0 Å². The number of nitrogens with two attached hydrogens (primary N) is 1. The molecule has 11 heteroatoms. The largest absolute Gasteiger partial charge is 0.480 e. The number of fused-ring (bicyclic) bond motifs is 1. The van der Waals surface area contributed by atoms with Gasteiger partial charge in [0.2, 0.25) is 13.3 Å². The van der Waals surface area contributed by atoms with Crippen molar-refractivity contribution < 1.29 is 28.9 Å². The highest BCUT2D eigenvalue weighted by Crippen LogP contribution is 2.55. The molecule has 0 radical (unpaired) electrons. The monoisotopic (exact) mass is 630 g/mol. The summed E-state index contributed by atoms with van der Waals surface area (Å²) in [5, 5.41) is 16.4. The van der Waals surface area contributed by atoms with Crippen LogP contribution >= 0.6 is 7.37 Å². The minimum atomic E-state index is -4.25. The molecule has 236 valence electrons. The van der Waals surface area contributed by atoms with E-state index in [9.17, 15) is 28.9 Å². The van der Waals surface area contributed by atoms with Gasteiger partial charge >= 0.3 is 5.97 Å². The van der Waals surface area contributed by atoms with Crippen molar-refractivity contribution in [1.29, 1.82) is 0 Å².